The molecule has 3 aromatic heterocycles. The van der Waals surface area contributed by atoms with Crippen molar-refractivity contribution in [2.24, 2.45) is 0 Å². The number of fused-ring (bicyclic) bond motifs is 5. The zero-order valence-corrected chi connectivity index (χ0v) is 22.0. The molecule has 0 saturated carbocycles. The first-order valence-electron chi connectivity index (χ1n) is 12.3. The molecule has 1 aliphatic rings. The molecule has 0 radical (unpaired) electrons. The van der Waals surface area contributed by atoms with E-state index < -0.39 is 0 Å². The third-order valence-electron chi connectivity index (χ3n) is 6.61. The van der Waals surface area contributed by atoms with E-state index in [2.05, 4.69) is 27.6 Å². The molecule has 2 aromatic carbocycles. The molecule has 6 rings (SSSR count). The molecule has 5 aromatic rings. The number of nitrogens with one attached hydrogen (secondary N) is 1. The first kappa shape index (κ1) is 23.8. The third-order valence-corrected chi connectivity index (χ3v) is 8.73. The van der Waals surface area contributed by atoms with Crippen LogP contribution in [0.3, 0.4) is 0 Å². The van der Waals surface area contributed by atoms with E-state index in [-0.39, 0.29) is 17.4 Å². The quantitative estimate of drug-likeness (QED) is 0.214. The topological polar surface area (TPSA) is 89.2 Å². The summed E-state index contributed by atoms with van der Waals surface area (Å²) in [5, 5.41) is 13.8. The first-order valence-corrected chi connectivity index (χ1v) is 14.1. The Balaban J connectivity index is 1.32. The minimum atomic E-state index is -0.149. The van der Waals surface area contributed by atoms with Crippen molar-refractivity contribution < 1.29 is 9.59 Å². The molecule has 37 heavy (non-hydrogen) atoms. The van der Waals surface area contributed by atoms with Crippen LogP contribution in [-0.2, 0) is 24.1 Å². The number of Topliss-reactive ketones (excluding diaryl/α,β-unsaturated/α-hetero) is 1. The van der Waals surface area contributed by atoms with Gasteiger partial charge in [0.1, 0.15) is 10.7 Å². The lowest BCUT2D eigenvalue weighted by molar-refractivity contribution is -0.113. The van der Waals surface area contributed by atoms with Gasteiger partial charge in [0.05, 0.1) is 11.1 Å². The number of hydrogen-bond donors (Lipinski definition) is 1. The highest BCUT2D eigenvalue weighted by Crippen LogP contribution is 2.38. The maximum absolute atomic E-state index is 12.7. The number of carbonyl (C=O) groups is 2. The van der Waals surface area contributed by atoms with Crippen molar-refractivity contribution in [1.82, 2.24) is 19.6 Å². The van der Waals surface area contributed by atoms with Gasteiger partial charge in [-0.15, -0.1) is 21.5 Å². The van der Waals surface area contributed by atoms with Crippen molar-refractivity contribution in [2.75, 3.05) is 11.1 Å². The lowest BCUT2D eigenvalue weighted by Crippen LogP contribution is -2.14. The number of anilines is 1. The lowest BCUT2D eigenvalue weighted by atomic mass is 9.97. The van der Waals surface area contributed by atoms with E-state index in [0.717, 1.165) is 40.1 Å². The van der Waals surface area contributed by atoms with Gasteiger partial charge in [-0.05, 0) is 68.0 Å². The standard InChI is InChI=1S/C28H25N5O2S2/c1-17(34)19-11-13-20(14-12-19)29-24(35)16-36-28-32-31-26-25-21-9-5-6-10-22(21)37-27(25)30-23(33(26)28)15-18-7-3-2-4-8-18/h2-4,7-8,11-14H,5-6,9-10,15-16H2,1H3,(H,29,35). The van der Waals surface area contributed by atoms with Gasteiger partial charge >= 0.3 is 0 Å². The van der Waals surface area contributed by atoms with Gasteiger partial charge in [0.2, 0.25) is 5.91 Å². The highest BCUT2D eigenvalue weighted by molar-refractivity contribution is 7.99. The van der Waals surface area contributed by atoms with Crippen LogP contribution in [0.5, 0.6) is 0 Å². The summed E-state index contributed by atoms with van der Waals surface area (Å²) in [5.74, 6) is 0.900. The molecule has 0 spiro atoms. The van der Waals surface area contributed by atoms with E-state index in [4.69, 9.17) is 4.98 Å². The Hall–Kier alpha value is -3.56. The van der Waals surface area contributed by atoms with E-state index in [1.807, 2.05) is 22.6 Å². The number of hydrogen-bond acceptors (Lipinski definition) is 7. The SMILES string of the molecule is CC(=O)c1ccc(NC(=O)CSc2nnc3c4c5c(sc4nc(Cc4ccccc4)n23)CCCC5)cc1. The summed E-state index contributed by atoms with van der Waals surface area (Å²) in [7, 11) is 0. The molecule has 0 fully saturated rings. The average Bonchev–Trinajstić information content (AvgIpc) is 3.49. The number of rotatable bonds is 7. The molecule has 0 atom stereocenters. The van der Waals surface area contributed by atoms with E-state index in [1.54, 1.807) is 35.6 Å². The number of ketones is 1. The number of carbonyl (C=O) groups excluding carboxylic acids is 2. The number of aromatic nitrogens is 4. The number of thiophene rings is 1. The number of nitrogens with zero attached hydrogens (tertiary/aromatic N) is 4. The second-order valence-corrected chi connectivity index (χ2v) is 11.2. The van der Waals surface area contributed by atoms with Crippen molar-refractivity contribution >= 4 is 56.3 Å². The molecular formula is C28H25N5O2S2. The molecule has 0 saturated heterocycles. The predicted octanol–water partition coefficient (Wildman–Crippen LogP) is 5.74. The van der Waals surface area contributed by atoms with Crippen molar-refractivity contribution in [1.29, 1.82) is 0 Å². The molecule has 0 aliphatic heterocycles. The van der Waals surface area contributed by atoms with E-state index in [0.29, 0.717) is 22.8 Å². The molecule has 0 unspecified atom stereocenters. The molecule has 0 bridgehead atoms. The van der Waals surface area contributed by atoms with Gasteiger partial charge < -0.3 is 5.32 Å². The smallest absolute Gasteiger partial charge is 0.234 e. The lowest BCUT2D eigenvalue weighted by Gasteiger charge is -2.11. The maximum Gasteiger partial charge on any atom is 0.234 e. The third kappa shape index (κ3) is 4.76. The highest BCUT2D eigenvalue weighted by atomic mass is 32.2. The van der Waals surface area contributed by atoms with Crippen LogP contribution in [0.25, 0.3) is 15.9 Å². The summed E-state index contributed by atoms with van der Waals surface area (Å²) in [6.07, 6.45) is 5.19. The van der Waals surface area contributed by atoms with Crippen molar-refractivity contribution in [2.45, 2.75) is 44.2 Å². The summed E-state index contributed by atoms with van der Waals surface area (Å²) >= 11 is 3.14. The van der Waals surface area contributed by atoms with Crippen LogP contribution in [0.4, 0.5) is 5.69 Å². The molecule has 1 amide bonds. The molecule has 186 valence electrons. The van der Waals surface area contributed by atoms with E-state index in [9.17, 15) is 9.59 Å². The van der Waals surface area contributed by atoms with E-state index in [1.165, 1.54) is 42.0 Å². The molecule has 7 nitrogen and oxygen atoms in total. The Kier molecular flexibility index (Phi) is 6.48. The van der Waals surface area contributed by atoms with Gasteiger partial charge in [0, 0.05) is 22.5 Å². The van der Waals surface area contributed by atoms with Gasteiger partial charge in [-0.3, -0.25) is 14.0 Å². The minimum absolute atomic E-state index is 0.00645. The Labute approximate surface area is 222 Å². The predicted molar refractivity (Wildman–Crippen MR) is 148 cm³/mol. The largest absolute Gasteiger partial charge is 0.325 e. The van der Waals surface area contributed by atoms with Crippen molar-refractivity contribution in [3.05, 3.63) is 82.0 Å². The zero-order chi connectivity index (χ0) is 25.4. The molecule has 1 N–H and O–H groups in total. The van der Waals surface area contributed by atoms with Crippen LogP contribution in [0.15, 0.2) is 59.8 Å². The van der Waals surface area contributed by atoms with Gasteiger partial charge in [-0.2, -0.15) is 0 Å². The summed E-state index contributed by atoms with van der Waals surface area (Å²) in [6, 6.07) is 17.2. The summed E-state index contributed by atoms with van der Waals surface area (Å²) < 4.78 is 2.04. The fourth-order valence-electron chi connectivity index (χ4n) is 4.80. The Morgan fingerprint density at radius 2 is 1.81 bits per heavy atom. The van der Waals surface area contributed by atoms with Gasteiger partial charge in [-0.1, -0.05) is 42.1 Å². The van der Waals surface area contributed by atoms with Gasteiger partial charge in [0.15, 0.2) is 16.6 Å². The first-order chi connectivity index (χ1) is 18.1. The summed E-state index contributed by atoms with van der Waals surface area (Å²) in [4.78, 5) is 31.8. The fraction of sp³-hybridized carbons (Fsp3) is 0.250. The summed E-state index contributed by atoms with van der Waals surface area (Å²) in [5.41, 5.74) is 4.62. The van der Waals surface area contributed by atoms with Crippen LogP contribution in [0, 0.1) is 0 Å². The molecule has 1 aliphatic carbocycles. The summed E-state index contributed by atoms with van der Waals surface area (Å²) in [6.45, 7) is 1.52. The number of amides is 1. The Bertz CT molecular complexity index is 1620. The van der Waals surface area contributed by atoms with Crippen LogP contribution in [0.2, 0.25) is 0 Å². The van der Waals surface area contributed by atoms with Crippen molar-refractivity contribution in [3.8, 4) is 0 Å². The van der Waals surface area contributed by atoms with Crippen LogP contribution in [0.1, 0.15) is 52.0 Å². The molecular weight excluding hydrogens is 502 g/mol. The zero-order valence-electron chi connectivity index (χ0n) is 20.4. The van der Waals surface area contributed by atoms with Crippen LogP contribution in [-0.4, -0.2) is 37.0 Å². The highest BCUT2D eigenvalue weighted by Gasteiger charge is 2.24. The maximum atomic E-state index is 12.7. The second kappa shape index (κ2) is 10.1. The van der Waals surface area contributed by atoms with Crippen LogP contribution >= 0.6 is 23.1 Å². The average molecular weight is 528 g/mol. The monoisotopic (exact) mass is 527 g/mol. The Morgan fingerprint density at radius 1 is 1.03 bits per heavy atom. The second-order valence-electron chi connectivity index (χ2n) is 9.19. The fourth-order valence-corrected chi connectivity index (χ4v) is 6.83. The Morgan fingerprint density at radius 3 is 2.59 bits per heavy atom. The molecule has 3 heterocycles. The van der Waals surface area contributed by atoms with Gasteiger partial charge in [-0.25, -0.2) is 4.98 Å². The molecule has 9 heteroatoms. The minimum Gasteiger partial charge on any atom is -0.325 e. The van der Waals surface area contributed by atoms with Crippen molar-refractivity contribution in [3.63, 3.8) is 0 Å². The number of thioether (sulfide) groups is 1. The normalized spacial score (nSPS) is 13.1. The van der Waals surface area contributed by atoms with Crippen LogP contribution < -0.4 is 5.32 Å². The van der Waals surface area contributed by atoms with Gasteiger partial charge in [0.25, 0.3) is 0 Å². The van der Waals surface area contributed by atoms with E-state index >= 15 is 0 Å². The number of aryl methyl sites for hydroxylation is 2. The number of benzene rings is 2.